The molecule has 1 aliphatic rings. The molecule has 0 bridgehead atoms. The molecule has 4 N–H and O–H groups in total. The molecule has 1 amide bonds. The zero-order valence-corrected chi connectivity index (χ0v) is 13.1. The number of carbonyl (C=O) groups is 2. The van der Waals surface area contributed by atoms with Crippen LogP contribution in [-0.4, -0.2) is 35.0 Å². The van der Waals surface area contributed by atoms with Gasteiger partial charge in [0, 0.05) is 24.0 Å². The minimum absolute atomic E-state index is 0.0447. The van der Waals surface area contributed by atoms with Crippen molar-refractivity contribution in [2.24, 2.45) is 0 Å². The fourth-order valence-electron chi connectivity index (χ4n) is 2.46. The minimum Gasteiger partial charge on any atom is -0.462 e. The first-order valence-corrected chi connectivity index (χ1v) is 7.56. The number of carbonyl (C=O) groups excluding carboxylic acids is 2. The molecule has 1 aliphatic heterocycles. The van der Waals surface area contributed by atoms with Gasteiger partial charge in [0.15, 0.2) is 0 Å². The van der Waals surface area contributed by atoms with Crippen LogP contribution in [0.25, 0.3) is 0 Å². The van der Waals surface area contributed by atoms with Crippen LogP contribution in [0.15, 0.2) is 24.4 Å². The number of rotatable bonds is 4. The SMILES string of the molecule is CCOC(=O)c1cnc(Nc2ccc3c(c2)CCNC3=O)nc1N. The Hall–Kier alpha value is -3.16. The third kappa shape index (κ3) is 3.12. The van der Waals surface area contributed by atoms with Gasteiger partial charge in [0.05, 0.1) is 6.61 Å². The van der Waals surface area contributed by atoms with Gasteiger partial charge in [-0.3, -0.25) is 4.79 Å². The number of benzene rings is 1. The van der Waals surface area contributed by atoms with Gasteiger partial charge in [-0.2, -0.15) is 4.98 Å². The molecule has 0 spiro atoms. The van der Waals surface area contributed by atoms with E-state index >= 15 is 0 Å². The fourth-order valence-corrected chi connectivity index (χ4v) is 2.46. The summed E-state index contributed by atoms with van der Waals surface area (Å²) in [5, 5.41) is 5.82. The van der Waals surface area contributed by atoms with Crippen LogP contribution in [0, 0.1) is 0 Å². The Balaban J connectivity index is 1.80. The Bertz CT molecular complexity index is 806. The van der Waals surface area contributed by atoms with Crippen molar-refractivity contribution in [3.63, 3.8) is 0 Å². The summed E-state index contributed by atoms with van der Waals surface area (Å²) >= 11 is 0. The molecule has 0 unspecified atom stereocenters. The van der Waals surface area contributed by atoms with Crippen LogP contribution in [-0.2, 0) is 11.2 Å². The van der Waals surface area contributed by atoms with Gasteiger partial charge < -0.3 is 21.1 Å². The number of nitrogens with zero attached hydrogens (tertiary/aromatic N) is 2. The number of hydrogen-bond acceptors (Lipinski definition) is 7. The van der Waals surface area contributed by atoms with Crippen molar-refractivity contribution in [3.05, 3.63) is 41.1 Å². The molecule has 24 heavy (non-hydrogen) atoms. The first-order chi connectivity index (χ1) is 11.6. The number of fused-ring (bicyclic) bond motifs is 1. The van der Waals surface area contributed by atoms with Crippen LogP contribution in [0.4, 0.5) is 17.5 Å². The smallest absolute Gasteiger partial charge is 0.343 e. The van der Waals surface area contributed by atoms with E-state index < -0.39 is 5.97 Å². The highest BCUT2D eigenvalue weighted by Crippen LogP contribution is 2.22. The van der Waals surface area contributed by atoms with Crippen molar-refractivity contribution in [1.29, 1.82) is 0 Å². The number of anilines is 3. The number of nitrogens with one attached hydrogen (secondary N) is 2. The molecular formula is C16H17N5O3. The summed E-state index contributed by atoms with van der Waals surface area (Å²) in [5.74, 6) is -0.313. The zero-order chi connectivity index (χ0) is 17.1. The van der Waals surface area contributed by atoms with E-state index in [4.69, 9.17) is 10.5 Å². The van der Waals surface area contributed by atoms with Crippen LogP contribution in [0.1, 0.15) is 33.2 Å². The molecule has 124 valence electrons. The maximum absolute atomic E-state index is 11.7. The number of nitrogens with two attached hydrogens (primary N) is 1. The zero-order valence-electron chi connectivity index (χ0n) is 13.1. The van der Waals surface area contributed by atoms with E-state index in [1.165, 1.54) is 6.20 Å². The summed E-state index contributed by atoms with van der Waals surface area (Å²) in [6.45, 7) is 2.58. The van der Waals surface area contributed by atoms with Crippen LogP contribution < -0.4 is 16.4 Å². The summed E-state index contributed by atoms with van der Waals surface area (Å²) in [7, 11) is 0. The highest BCUT2D eigenvalue weighted by atomic mass is 16.5. The monoisotopic (exact) mass is 327 g/mol. The number of ether oxygens (including phenoxy) is 1. The van der Waals surface area contributed by atoms with Crippen molar-refractivity contribution < 1.29 is 14.3 Å². The number of esters is 1. The summed E-state index contributed by atoms with van der Waals surface area (Å²) in [6, 6.07) is 5.40. The Kier molecular flexibility index (Phi) is 4.28. The minimum atomic E-state index is -0.554. The maximum atomic E-state index is 11.7. The van der Waals surface area contributed by atoms with E-state index in [0.29, 0.717) is 12.1 Å². The summed E-state index contributed by atoms with van der Waals surface area (Å²) in [4.78, 5) is 31.6. The lowest BCUT2D eigenvalue weighted by Gasteiger charge is -2.17. The molecule has 0 saturated carbocycles. The van der Waals surface area contributed by atoms with Crippen molar-refractivity contribution in [2.45, 2.75) is 13.3 Å². The van der Waals surface area contributed by atoms with Crippen LogP contribution in [0.2, 0.25) is 0 Å². The highest BCUT2D eigenvalue weighted by Gasteiger charge is 2.17. The normalized spacial score (nSPS) is 13.0. The van der Waals surface area contributed by atoms with Crippen LogP contribution in [0.3, 0.4) is 0 Å². The topological polar surface area (TPSA) is 119 Å². The Morgan fingerprint density at radius 2 is 2.29 bits per heavy atom. The van der Waals surface area contributed by atoms with E-state index in [0.717, 1.165) is 17.7 Å². The molecule has 3 rings (SSSR count). The first-order valence-electron chi connectivity index (χ1n) is 7.56. The predicted octanol–water partition coefficient (Wildman–Crippen LogP) is 1.26. The number of hydrogen-bond donors (Lipinski definition) is 3. The summed E-state index contributed by atoms with van der Waals surface area (Å²) < 4.78 is 4.88. The van der Waals surface area contributed by atoms with Crippen molar-refractivity contribution >= 4 is 29.3 Å². The molecule has 0 aliphatic carbocycles. The van der Waals surface area contributed by atoms with Gasteiger partial charge in [0.25, 0.3) is 5.91 Å². The lowest BCUT2D eigenvalue weighted by atomic mass is 10.00. The lowest BCUT2D eigenvalue weighted by Crippen LogP contribution is -2.31. The highest BCUT2D eigenvalue weighted by molar-refractivity contribution is 5.97. The average molecular weight is 327 g/mol. The van der Waals surface area contributed by atoms with Gasteiger partial charge in [-0.1, -0.05) is 0 Å². The molecule has 0 radical (unpaired) electrons. The molecule has 2 aromatic rings. The van der Waals surface area contributed by atoms with Gasteiger partial charge in [0.2, 0.25) is 5.95 Å². The Labute approximate surface area is 138 Å². The third-order valence-corrected chi connectivity index (χ3v) is 3.60. The molecule has 0 atom stereocenters. The fraction of sp³-hybridized carbons (Fsp3) is 0.250. The second-order valence-corrected chi connectivity index (χ2v) is 5.22. The quantitative estimate of drug-likeness (QED) is 0.723. The van der Waals surface area contributed by atoms with Gasteiger partial charge in [-0.15, -0.1) is 0 Å². The van der Waals surface area contributed by atoms with Gasteiger partial charge >= 0.3 is 5.97 Å². The Morgan fingerprint density at radius 3 is 3.04 bits per heavy atom. The second-order valence-electron chi connectivity index (χ2n) is 5.22. The number of nitrogen functional groups attached to an aromatic ring is 1. The number of amides is 1. The van der Waals surface area contributed by atoms with Crippen molar-refractivity contribution in [1.82, 2.24) is 15.3 Å². The molecule has 1 aromatic carbocycles. The second kappa shape index (κ2) is 6.53. The largest absolute Gasteiger partial charge is 0.462 e. The lowest BCUT2D eigenvalue weighted by molar-refractivity contribution is 0.0526. The summed E-state index contributed by atoms with van der Waals surface area (Å²) in [6.07, 6.45) is 2.09. The molecule has 0 fully saturated rings. The van der Waals surface area contributed by atoms with Gasteiger partial charge in [0.1, 0.15) is 11.4 Å². The predicted molar refractivity (Wildman–Crippen MR) is 88.2 cm³/mol. The number of aromatic nitrogens is 2. The maximum Gasteiger partial charge on any atom is 0.343 e. The van der Waals surface area contributed by atoms with E-state index in [2.05, 4.69) is 20.6 Å². The molecule has 0 saturated heterocycles. The Morgan fingerprint density at radius 1 is 1.46 bits per heavy atom. The van der Waals surface area contributed by atoms with E-state index in [-0.39, 0.29) is 29.8 Å². The first kappa shape index (κ1) is 15.7. The average Bonchev–Trinajstić information content (AvgIpc) is 2.55. The van der Waals surface area contributed by atoms with E-state index in [1.807, 2.05) is 6.07 Å². The van der Waals surface area contributed by atoms with E-state index in [9.17, 15) is 9.59 Å². The van der Waals surface area contributed by atoms with Crippen LogP contribution >= 0.6 is 0 Å². The van der Waals surface area contributed by atoms with E-state index in [1.54, 1.807) is 19.1 Å². The standard InChI is InChI=1S/C16H17N5O3/c1-2-24-15(23)12-8-19-16(21-13(12)17)20-10-3-4-11-9(7-10)5-6-18-14(11)22/h3-4,7-8H,2,5-6H2,1H3,(H,18,22)(H3,17,19,20,21). The molecule has 2 heterocycles. The summed E-state index contributed by atoms with van der Waals surface area (Å²) in [5.41, 5.74) is 8.29. The molecule has 1 aromatic heterocycles. The van der Waals surface area contributed by atoms with Crippen LogP contribution in [0.5, 0.6) is 0 Å². The molecule has 8 nitrogen and oxygen atoms in total. The molecular weight excluding hydrogens is 310 g/mol. The van der Waals surface area contributed by atoms with Gasteiger partial charge in [-0.25, -0.2) is 9.78 Å². The van der Waals surface area contributed by atoms with Crippen molar-refractivity contribution in [3.8, 4) is 0 Å². The third-order valence-electron chi connectivity index (χ3n) is 3.60. The van der Waals surface area contributed by atoms with Crippen molar-refractivity contribution in [2.75, 3.05) is 24.2 Å². The van der Waals surface area contributed by atoms with Gasteiger partial charge in [-0.05, 0) is 37.1 Å². The molecule has 8 heteroatoms.